The zero-order valence-electron chi connectivity index (χ0n) is 28.6. The molecule has 7 nitrogen and oxygen atoms in total. The maximum absolute atomic E-state index is 12.9. The summed E-state index contributed by atoms with van der Waals surface area (Å²) in [7, 11) is 7.22. The fourth-order valence-corrected chi connectivity index (χ4v) is 6.50. The topological polar surface area (TPSA) is 71.1 Å². The van der Waals surface area contributed by atoms with E-state index in [0.717, 1.165) is 38.2 Å². The molecule has 0 fully saturated rings. The van der Waals surface area contributed by atoms with Gasteiger partial charge >= 0.3 is 12.2 Å². The highest BCUT2D eigenvalue weighted by Crippen LogP contribution is 2.20. The highest BCUT2D eigenvalue weighted by Gasteiger charge is 2.14. The van der Waals surface area contributed by atoms with Crippen LogP contribution >= 0.6 is 21.6 Å². The van der Waals surface area contributed by atoms with Gasteiger partial charge in [0.25, 0.3) is 0 Å². The minimum Gasteiger partial charge on any atom is -0.449 e. The van der Waals surface area contributed by atoms with Gasteiger partial charge in [-0.1, -0.05) is 151 Å². The predicted octanol–water partition coefficient (Wildman–Crippen LogP) is 9.94. The van der Waals surface area contributed by atoms with Crippen molar-refractivity contribution >= 4 is 33.8 Å². The van der Waals surface area contributed by atoms with E-state index in [2.05, 4.69) is 19.2 Å². The summed E-state index contributed by atoms with van der Waals surface area (Å²) < 4.78 is 10.8. The lowest BCUT2D eigenvalue weighted by Gasteiger charge is -2.22. The molecule has 0 aromatic carbocycles. The Hall–Kier alpha value is -0.800. The van der Waals surface area contributed by atoms with E-state index < -0.39 is 0 Å². The first-order valence-electron chi connectivity index (χ1n) is 17.7. The number of rotatable bonds is 32. The van der Waals surface area contributed by atoms with Crippen LogP contribution in [0.5, 0.6) is 0 Å². The molecule has 0 saturated heterocycles. The Labute approximate surface area is 274 Å². The van der Waals surface area contributed by atoms with Crippen molar-refractivity contribution in [2.75, 3.05) is 65.0 Å². The summed E-state index contributed by atoms with van der Waals surface area (Å²) in [6.45, 7) is 8.30. The van der Waals surface area contributed by atoms with Crippen LogP contribution in [0.4, 0.5) is 9.59 Å². The second-order valence-electron chi connectivity index (χ2n) is 12.0. The summed E-state index contributed by atoms with van der Waals surface area (Å²) in [5, 5.41) is 2.74. The molecule has 2 amide bonds. The van der Waals surface area contributed by atoms with Gasteiger partial charge in [-0.2, -0.15) is 0 Å². The normalized spacial score (nSPS) is 11.2. The van der Waals surface area contributed by atoms with Gasteiger partial charge in [-0.15, -0.1) is 0 Å². The Morgan fingerprint density at radius 2 is 0.953 bits per heavy atom. The number of hydrogen-bond donors (Lipinski definition) is 1. The van der Waals surface area contributed by atoms with Crippen LogP contribution in [-0.4, -0.2) is 87.0 Å². The van der Waals surface area contributed by atoms with E-state index >= 15 is 0 Å². The van der Waals surface area contributed by atoms with Crippen molar-refractivity contribution in [2.24, 2.45) is 0 Å². The van der Waals surface area contributed by atoms with Crippen LogP contribution in [-0.2, 0) is 9.47 Å². The number of carbonyl (C=O) groups is 2. The molecule has 0 aromatic rings. The molecule has 1 N–H and O–H groups in total. The zero-order valence-corrected chi connectivity index (χ0v) is 30.3. The number of nitrogens with one attached hydrogen (secondary N) is 1. The zero-order chi connectivity index (χ0) is 31.6. The molecule has 0 bridgehead atoms. The Morgan fingerprint density at radius 3 is 1.37 bits per heavy atom. The molecule has 0 unspecified atom stereocenters. The molecule has 256 valence electrons. The van der Waals surface area contributed by atoms with Crippen molar-refractivity contribution in [1.82, 2.24) is 15.1 Å². The van der Waals surface area contributed by atoms with Gasteiger partial charge in [0, 0.05) is 37.7 Å². The first kappa shape index (κ1) is 42.2. The SMILES string of the molecule is CCCCCCCCCCCCN(CCCCCCCCCCCC)C(=O)OCCSSCCOC(=O)NCCN(C)C. The van der Waals surface area contributed by atoms with Crippen LogP contribution in [0.1, 0.15) is 142 Å². The van der Waals surface area contributed by atoms with Gasteiger partial charge < -0.3 is 24.6 Å². The van der Waals surface area contributed by atoms with Gasteiger partial charge in [0.15, 0.2) is 0 Å². The number of alkyl carbamates (subject to hydrolysis) is 1. The standard InChI is InChI=1S/C34H69N3O4S2/c1-5-7-9-11-13-15-17-19-21-23-26-37(27-24-22-20-18-16-14-12-10-8-6-2)34(39)41-30-32-43-42-31-29-40-33(38)35-25-28-36(3)4/h5-32H2,1-4H3,(H,35,38). The van der Waals surface area contributed by atoms with Crippen LogP contribution in [0.25, 0.3) is 0 Å². The third kappa shape index (κ3) is 32.4. The number of unbranched alkanes of at least 4 members (excludes halogenated alkanes) is 18. The molecule has 0 rings (SSSR count). The minimum absolute atomic E-state index is 0.157. The van der Waals surface area contributed by atoms with Crippen molar-refractivity contribution < 1.29 is 19.1 Å². The lowest BCUT2D eigenvalue weighted by atomic mass is 10.1. The molecular formula is C34H69N3O4S2. The van der Waals surface area contributed by atoms with Gasteiger partial charge in [0.05, 0.1) is 0 Å². The fourth-order valence-electron chi connectivity index (χ4n) is 4.85. The lowest BCUT2D eigenvalue weighted by molar-refractivity contribution is 0.106. The van der Waals surface area contributed by atoms with Crippen molar-refractivity contribution in [3.05, 3.63) is 0 Å². The molecule has 0 radical (unpaired) electrons. The summed E-state index contributed by atoms with van der Waals surface area (Å²) in [5.74, 6) is 1.44. The Morgan fingerprint density at radius 1 is 0.558 bits per heavy atom. The van der Waals surface area contributed by atoms with E-state index in [1.165, 1.54) is 116 Å². The largest absolute Gasteiger partial charge is 0.449 e. The van der Waals surface area contributed by atoms with Crippen LogP contribution in [0, 0.1) is 0 Å². The van der Waals surface area contributed by atoms with E-state index in [0.29, 0.717) is 25.5 Å². The van der Waals surface area contributed by atoms with Crippen molar-refractivity contribution in [3.8, 4) is 0 Å². The van der Waals surface area contributed by atoms with Gasteiger partial charge in [-0.05, 0) is 26.9 Å². The predicted molar refractivity (Wildman–Crippen MR) is 189 cm³/mol. The van der Waals surface area contributed by atoms with Crippen LogP contribution in [0.15, 0.2) is 0 Å². The fraction of sp³-hybridized carbons (Fsp3) is 0.941. The smallest absolute Gasteiger partial charge is 0.409 e. The average Bonchev–Trinajstić information content (AvgIpc) is 2.98. The summed E-state index contributed by atoms with van der Waals surface area (Å²) in [4.78, 5) is 28.5. The second kappa shape index (κ2) is 34.1. The Balaban J connectivity index is 4.11. The third-order valence-corrected chi connectivity index (χ3v) is 9.86. The first-order chi connectivity index (χ1) is 21.0. The highest BCUT2D eigenvalue weighted by atomic mass is 33.1. The molecule has 0 saturated carbocycles. The number of likely N-dealkylation sites (N-methyl/N-ethyl adjacent to an activating group) is 1. The molecule has 0 aliphatic carbocycles. The van der Waals surface area contributed by atoms with Gasteiger partial charge in [0.1, 0.15) is 13.2 Å². The van der Waals surface area contributed by atoms with Crippen LogP contribution < -0.4 is 5.32 Å². The van der Waals surface area contributed by atoms with E-state index in [9.17, 15) is 9.59 Å². The summed E-state index contributed by atoms with van der Waals surface area (Å²) in [6.07, 6.45) is 25.5. The van der Waals surface area contributed by atoms with Crippen LogP contribution in [0.2, 0.25) is 0 Å². The number of hydrogen-bond acceptors (Lipinski definition) is 7. The molecule has 0 aliphatic rings. The number of amides is 2. The Bertz CT molecular complexity index is 590. The molecule has 0 atom stereocenters. The van der Waals surface area contributed by atoms with Gasteiger partial charge in [-0.25, -0.2) is 9.59 Å². The quantitative estimate of drug-likeness (QED) is 0.0575. The highest BCUT2D eigenvalue weighted by molar-refractivity contribution is 8.76. The monoisotopic (exact) mass is 647 g/mol. The van der Waals surface area contributed by atoms with Crippen LogP contribution in [0.3, 0.4) is 0 Å². The molecular weight excluding hydrogens is 579 g/mol. The average molecular weight is 648 g/mol. The molecule has 43 heavy (non-hydrogen) atoms. The minimum atomic E-state index is -0.369. The maximum Gasteiger partial charge on any atom is 0.409 e. The Kier molecular flexibility index (Phi) is 33.4. The second-order valence-corrected chi connectivity index (χ2v) is 14.7. The molecule has 9 heteroatoms. The summed E-state index contributed by atoms with van der Waals surface area (Å²) >= 11 is 0. The van der Waals surface area contributed by atoms with Crippen molar-refractivity contribution in [2.45, 2.75) is 142 Å². The summed E-state index contributed by atoms with van der Waals surface area (Å²) in [6, 6.07) is 0. The number of ether oxygens (including phenoxy) is 2. The van der Waals surface area contributed by atoms with E-state index in [-0.39, 0.29) is 12.2 Å². The molecule has 0 spiro atoms. The first-order valence-corrected chi connectivity index (χ1v) is 20.2. The van der Waals surface area contributed by atoms with E-state index in [4.69, 9.17) is 9.47 Å². The summed E-state index contributed by atoms with van der Waals surface area (Å²) in [5.41, 5.74) is 0. The van der Waals surface area contributed by atoms with Gasteiger partial charge in [-0.3, -0.25) is 0 Å². The third-order valence-electron chi connectivity index (χ3n) is 7.53. The van der Waals surface area contributed by atoms with Crippen molar-refractivity contribution in [3.63, 3.8) is 0 Å². The number of carbonyl (C=O) groups excluding carboxylic acids is 2. The van der Waals surface area contributed by atoms with E-state index in [1.54, 1.807) is 21.6 Å². The van der Waals surface area contributed by atoms with Gasteiger partial charge in [0.2, 0.25) is 0 Å². The lowest BCUT2D eigenvalue weighted by Crippen LogP contribution is -2.34. The number of nitrogens with zero attached hydrogens (tertiary/aromatic N) is 2. The maximum atomic E-state index is 12.9. The van der Waals surface area contributed by atoms with E-state index in [1.807, 2.05) is 23.9 Å². The molecule has 0 aromatic heterocycles. The van der Waals surface area contributed by atoms with Crippen molar-refractivity contribution in [1.29, 1.82) is 0 Å². The molecule has 0 heterocycles. The molecule has 0 aliphatic heterocycles.